The highest BCUT2D eigenvalue weighted by atomic mass is 19.4. The summed E-state index contributed by atoms with van der Waals surface area (Å²) in [4.78, 5) is 25.5. The van der Waals surface area contributed by atoms with E-state index in [4.69, 9.17) is 23.4 Å². The molecule has 7 nitrogen and oxygen atoms in total. The molecule has 0 unspecified atom stereocenters. The second-order valence-electron chi connectivity index (χ2n) is 7.09. The van der Waals surface area contributed by atoms with E-state index in [1.807, 2.05) is 0 Å². The normalized spacial score (nSPS) is 11.2. The van der Waals surface area contributed by atoms with Gasteiger partial charge in [0.2, 0.25) is 11.2 Å². The average molecular weight is 486 g/mol. The van der Waals surface area contributed by atoms with E-state index >= 15 is 0 Å². The highest BCUT2D eigenvalue weighted by molar-refractivity contribution is 5.94. The number of fused-ring (bicyclic) bond motifs is 1. The second kappa shape index (κ2) is 9.41. The van der Waals surface area contributed by atoms with E-state index in [1.54, 1.807) is 24.3 Å². The number of rotatable bonds is 6. The highest BCUT2D eigenvalue weighted by Gasteiger charge is 2.40. The SMILES string of the molecule is COc1ccccc1Oc1c(C(F)(F)F)oc2cc(OC(=O)c3ccccc3OC)ccc2c1=O. The van der Waals surface area contributed by atoms with Crippen LogP contribution in [0.1, 0.15) is 16.1 Å². The third-order valence-corrected chi connectivity index (χ3v) is 4.90. The van der Waals surface area contributed by atoms with Gasteiger partial charge in [-0.3, -0.25) is 4.79 Å². The van der Waals surface area contributed by atoms with Crippen molar-refractivity contribution in [2.75, 3.05) is 14.2 Å². The first-order valence-corrected chi connectivity index (χ1v) is 10.1. The number of hydrogen-bond acceptors (Lipinski definition) is 7. The van der Waals surface area contributed by atoms with Gasteiger partial charge in [0.1, 0.15) is 22.6 Å². The van der Waals surface area contributed by atoms with Crippen molar-refractivity contribution in [1.82, 2.24) is 0 Å². The van der Waals surface area contributed by atoms with E-state index in [2.05, 4.69) is 0 Å². The molecular weight excluding hydrogens is 469 g/mol. The summed E-state index contributed by atoms with van der Waals surface area (Å²) in [7, 11) is 2.68. The van der Waals surface area contributed by atoms with E-state index in [9.17, 15) is 22.8 Å². The van der Waals surface area contributed by atoms with E-state index in [0.29, 0.717) is 0 Å². The minimum Gasteiger partial charge on any atom is -0.496 e. The molecule has 0 bridgehead atoms. The standard InChI is InChI=1S/C25H17F3O7/c1-31-17-8-4-3-7-16(17)24(30)33-14-11-12-15-20(13-14)35-23(25(26,27)28)22(21(15)29)34-19-10-6-5-9-18(19)32-2/h3-13H,1-2H3. The number of esters is 1. The Labute approximate surface area is 196 Å². The summed E-state index contributed by atoms with van der Waals surface area (Å²) in [6.07, 6.45) is -5.06. The fraction of sp³-hybridized carbons (Fsp3) is 0.120. The Hall–Kier alpha value is -4.47. The minimum atomic E-state index is -5.06. The van der Waals surface area contributed by atoms with Crippen molar-refractivity contribution in [3.63, 3.8) is 0 Å². The monoisotopic (exact) mass is 486 g/mol. The summed E-state index contributed by atoms with van der Waals surface area (Å²) >= 11 is 0. The number of halogens is 3. The van der Waals surface area contributed by atoms with Crippen LogP contribution in [0.25, 0.3) is 11.0 Å². The van der Waals surface area contributed by atoms with Crippen molar-refractivity contribution in [3.8, 4) is 28.7 Å². The van der Waals surface area contributed by atoms with Crippen LogP contribution >= 0.6 is 0 Å². The van der Waals surface area contributed by atoms with Gasteiger partial charge in [-0.2, -0.15) is 13.2 Å². The Kier molecular flexibility index (Phi) is 6.37. The molecule has 0 aliphatic rings. The van der Waals surface area contributed by atoms with Gasteiger partial charge in [-0.1, -0.05) is 24.3 Å². The van der Waals surface area contributed by atoms with Gasteiger partial charge in [-0.05, 0) is 36.4 Å². The molecule has 3 aromatic carbocycles. The first-order chi connectivity index (χ1) is 16.7. The number of methoxy groups -OCH3 is 2. The number of alkyl halides is 3. The lowest BCUT2D eigenvalue weighted by molar-refractivity contribution is -0.154. The fourth-order valence-electron chi connectivity index (χ4n) is 3.29. The molecule has 0 spiro atoms. The smallest absolute Gasteiger partial charge is 0.453 e. The van der Waals surface area contributed by atoms with E-state index in [-0.39, 0.29) is 33.9 Å². The summed E-state index contributed by atoms with van der Waals surface area (Å²) in [5.41, 5.74) is -1.40. The Morgan fingerprint density at radius 1 is 0.857 bits per heavy atom. The molecule has 0 saturated carbocycles. The van der Waals surface area contributed by atoms with E-state index < -0.39 is 34.7 Å². The van der Waals surface area contributed by atoms with Crippen LogP contribution in [0.3, 0.4) is 0 Å². The zero-order valence-electron chi connectivity index (χ0n) is 18.3. The largest absolute Gasteiger partial charge is 0.496 e. The van der Waals surface area contributed by atoms with Crippen LogP contribution in [0.2, 0.25) is 0 Å². The van der Waals surface area contributed by atoms with E-state index in [1.165, 1.54) is 50.6 Å². The van der Waals surface area contributed by atoms with Crippen LogP contribution in [0.5, 0.6) is 28.7 Å². The number of benzene rings is 3. The molecule has 10 heteroatoms. The summed E-state index contributed by atoms with van der Waals surface area (Å²) < 4.78 is 67.3. The minimum absolute atomic E-state index is 0.102. The van der Waals surface area contributed by atoms with Crippen LogP contribution in [0, 0.1) is 0 Å². The maximum atomic E-state index is 13.8. The summed E-state index contributed by atoms with van der Waals surface area (Å²) in [5, 5.41) is -0.208. The predicted molar refractivity (Wildman–Crippen MR) is 119 cm³/mol. The molecule has 0 fully saturated rings. The first kappa shape index (κ1) is 23.7. The molecule has 0 amide bonds. The molecule has 35 heavy (non-hydrogen) atoms. The number of para-hydroxylation sites is 3. The number of hydrogen-bond donors (Lipinski definition) is 0. The molecule has 0 atom stereocenters. The highest BCUT2D eigenvalue weighted by Crippen LogP contribution is 2.40. The van der Waals surface area contributed by atoms with E-state index in [0.717, 1.165) is 6.07 Å². The summed E-state index contributed by atoms with van der Waals surface area (Å²) in [6.45, 7) is 0. The Balaban J connectivity index is 1.77. The van der Waals surface area contributed by atoms with Crippen molar-refractivity contribution in [2.45, 2.75) is 6.18 Å². The maximum Gasteiger partial charge on any atom is 0.453 e. The quantitative estimate of drug-likeness (QED) is 0.250. The molecule has 1 heterocycles. The lowest BCUT2D eigenvalue weighted by Crippen LogP contribution is -2.16. The molecule has 1 aromatic heterocycles. The van der Waals surface area contributed by atoms with Gasteiger partial charge < -0.3 is 23.4 Å². The third kappa shape index (κ3) is 4.77. The first-order valence-electron chi connectivity index (χ1n) is 10.1. The van der Waals surface area contributed by atoms with Gasteiger partial charge in [0.15, 0.2) is 11.5 Å². The fourth-order valence-corrected chi connectivity index (χ4v) is 3.29. The summed E-state index contributed by atoms with van der Waals surface area (Å²) in [5.74, 6) is -3.36. The molecule has 0 N–H and O–H groups in total. The average Bonchev–Trinajstić information content (AvgIpc) is 2.85. The molecular formula is C25H17F3O7. The van der Waals surface area contributed by atoms with Crippen LogP contribution in [0.4, 0.5) is 13.2 Å². The molecule has 0 aliphatic heterocycles. The zero-order chi connectivity index (χ0) is 25.2. The van der Waals surface area contributed by atoms with Crippen molar-refractivity contribution in [1.29, 1.82) is 0 Å². The van der Waals surface area contributed by atoms with Crippen LogP contribution in [-0.4, -0.2) is 20.2 Å². The van der Waals surface area contributed by atoms with Gasteiger partial charge in [0, 0.05) is 6.07 Å². The topological polar surface area (TPSA) is 84.2 Å². The lowest BCUT2D eigenvalue weighted by Gasteiger charge is -2.15. The van der Waals surface area contributed by atoms with Gasteiger partial charge in [-0.15, -0.1) is 0 Å². The van der Waals surface area contributed by atoms with Crippen molar-refractivity contribution in [2.24, 2.45) is 0 Å². The Morgan fingerprint density at radius 3 is 2.14 bits per heavy atom. The van der Waals surface area contributed by atoms with Gasteiger partial charge in [0.25, 0.3) is 5.76 Å². The van der Waals surface area contributed by atoms with Crippen molar-refractivity contribution < 1.29 is 41.3 Å². The summed E-state index contributed by atoms with van der Waals surface area (Å²) in [6, 6.07) is 15.6. The van der Waals surface area contributed by atoms with Gasteiger partial charge >= 0.3 is 12.1 Å². The molecule has 4 aromatic rings. The van der Waals surface area contributed by atoms with Crippen molar-refractivity contribution in [3.05, 3.63) is 88.3 Å². The maximum absolute atomic E-state index is 13.8. The van der Waals surface area contributed by atoms with Gasteiger partial charge in [-0.25, -0.2) is 4.79 Å². The van der Waals surface area contributed by atoms with Crippen LogP contribution in [0.15, 0.2) is 75.9 Å². The molecule has 0 saturated heterocycles. The predicted octanol–water partition coefficient (Wildman–Crippen LogP) is 5.84. The van der Waals surface area contributed by atoms with Crippen LogP contribution in [-0.2, 0) is 6.18 Å². The number of ether oxygens (including phenoxy) is 4. The second-order valence-corrected chi connectivity index (χ2v) is 7.09. The van der Waals surface area contributed by atoms with Crippen molar-refractivity contribution >= 4 is 16.9 Å². The number of carbonyl (C=O) groups excluding carboxylic acids is 1. The Bertz CT molecular complexity index is 1460. The molecule has 0 aliphatic carbocycles. The molecule has 180 valence electrons. The van der Waals surface area contributed by atoms with Crippen LogP contribution < -0.4 is 24.4 Å². The Morgan fingerprint density at radius 2 is 1.49 bits per heavy atom. The third-order valence-electron chi connectivity index (χ3n) is 4.90. The lowest BCUT2D eigenvalue weighted by atomic mass is 10.2. The van der Waals surface area contributed by atoms with Gasteiger partial charge in [0.05, 0.1) is 19.6 Å². The zero-order valence-corrected chi connectivity index (χ0v) is 18.3. The number of carbonyl (C=O) groups is 1. The molecule has 4 rings (SSSR count). The molecule has 0 radical (unpaired) electrons.